The van der Waals surface area contributed by atoms with E-state index in [-0.39, 0.29) is 11.8 Å². The second-order valence-electron chi connectivity index (χ2n) is 3.95. The quantitative estimate of drug-likeness (QED) is 0.587. The monoisotopic (exact) mass is 250 g/mol. The van der Waals surface area contributed by atoms with E-state index in [1.807, 2.05) is 14.1 Å². The third-order valence-electron chi connectivity index (χ3n) is 2.52. The Kier molecular flexibility index (Phi) is 8.37. The van der Waals surface area contributed by atoms with Gasteiger partial charge < -0.3 is 10.2 Å². The van der Waals surface area contributed by atoms with E-state index in [2.05, 4.69) is 42.4 Å². The fourth-order valence-corrected chi connectivity index (χ4v) is 1.70. The van der Waals surface area contributed by atoms with Crippen LogP contribution >= 0.6 is 25.3 Å². The largest absolute Gasteiger partial charge is 0.354 e. The van der Waals surface area contributed by atoms with E-state index in [4.69, 9.17) is 0 Å². The lowest BCUT2D eigenvalue weighted by molar-refractivity contribution is -0.124. The minimum absolute atomic E-state index is 0.0137. The second-order valence-corrected chi connectivity index (χ2v) is 4.76. The van der Waals surface area contributed by atoms with Gasteiger partial charge in [0.25, 0.3) is 0 Å². The number of likely N-dealkylation sites (N-methyl/N-ethyl adjacent to an activating group) is 1. The van der Waals surface area contributed by atoms with Crippen LogP contribution in [0.15, 0.2) is 0 Å². The van der Waals surface area contributed by atoms with Crippen LogP contribution in [-0.4, -0.2) is 49.0 Å². The molecule has 90 valence electrons. The fraction of sp³-hybridized carbons (Fsp3) is 0.900. The van der Waals surface area contributed by atoms with E-state index in [9.17, 15) is 4.79 Å². The Labute approximate surface area is 104 Å². The first-order valence-electron chi connectivity index (χ1n) is 5.18. The zero-order valence-electron chi connectivity index (χ0n) is 9.73. The topological polar surface area (TPSA) is 32.3 Å². The van der Waals surface area contributed by atoms with E-state index in [1.54, 1.807) is 0 Å². The molecule has 1 amide bonds. The Balaban J connectivity index is 3.90. The molecule has 0 aromatic heterocycles. The summed E-state index contributed by atoms with van der Waals surface area (Å²) >= 11 is 8.30. The molecule has 0 bridgehead atoms. The summed E-state index contributed by atoms with van der Waals surface area (Å²) < 4.78 is 0. The molecule has 5 heteroatoms. The van der Waals surface area contributed by atoms with Crippen LogP contribution < -0.4 is 5.32 Å². The highest BCUT2D eigenvalue weighted by Crippen LogP contribution is 2.06. The van der Waals surface area contributed by atoms with Gasteiger partial charge in [0.05, 0.1) is 0 Å². The van der Waals surface area contributed by atoms with Crippen molar-refractivity contribution < 1.29 is 4.79 Å². The normalized spacial score (nSPS) is 15.1. The lowest BCUT2D eigenvalue weighted by Crippen LogP contribution is -2.41. The zero-order chi connectivity index (χ0) is 11.8. The van der Waals surface area contributed by atoms with Gasteiger partial charge in [0.2, 0.25) is 5.91 Å². The Hall–Kier alpha value is 0.130. The number of nitrogens with one attached hydrogen (secondary N) is 1. The molecule has 0 saturated heterocycles. The van der Waals surface area contributed by atoms with Crippen LogP contribution in [0.1, 0.15) is 13.3 Å². The van der Waals surface area contributed by atoms with Crippen molar-refractivity contribution in [2.45, 2.75) is 19.4 Å². The van der Waals surface area contributed by atoms with Gasteiger partial charge in [-0.15, -0.1) is 0 Å². The average molecular weight is 250 g/mol. The highest BCUT2D eigenvalue weighted by atomic mass is 32.1. The van der Waals surface area contributed by atoms with Crippen molar-refractivity contribution in [1.82, 2.24) is 10.2 Å². The first-order valence-corrected chi connectivity index (χ1v) is 6.45. The summed E-state index contributed by atoms with van der Waals surface area (Å²) in [5, 5.41) is 2.94. The summed E-state index contributed by atoms with van der Waals surface area (Å²) in [7, 11) is 4.00. The number of carbonyl (C=O) groups is 1. The van der Waals surface area contributed by atoms with Gasteiger partial charge in [0, 0.05) is 24.3 Å². The van der Waals surface area contributed by atoms with Crippen LogP contribution in [-0.2, 0) is 4.79 Å². The number of amides is 1. The van der Waals surface area contributed by atoms with E-state index < -0.39 is 0 Å². The van der Waals surface area contributed by atoms with Gasteiger partial charge in [-0.1, -0.05) is 0 Å². The van der Waals surface area contributed by atoms with Gasteiger partial charge in [0.1, 0.15) is 0 Å². The maximum absolute atomic E-state index is 11.7. The van der Waals surface area contributed by atoms with E-state index in [1.165, 1.54) is 0 Å². The summed E-state index contributed by atoms with van der Waals surface area (Å²) in [6, 6.07) is 0.352. The predicted octanol–water partition coefficient (Wildman–Crippen LogP) is 0.919. The highest BCUT2D eigenvalue weighted by molar-refractivity contribution is 7.80. The van der Waals surface area contributed by atoms with Crippen LogP contribution in [0, 0.1) is 5.92 Å². The molecule has 3 nitrogen and oxygen atoms in total. The number of hydrogen-bond acceptors (Lipinski definition) is 4. The summed E-state index contributed by atoms with van der Waals surface area (Å²) in [5.74, 6) is 1.39. The molecule has 15 heavy (non-hydrogen) atoms. The molecular formula is C10H22N2OS2. The summed E-state index contributed by atoms with van der Waals surface area (Å²) in [6.45, 7) is 2.76. The van der Waals surface area contributed by atoms with Crippen molar-refractivity contribution >= 4 is 31.2 Å². The molecule has 0 saturated carbocycles. The molecule has 0 aliphatic carbocycles. The third kappa shape index (κ3) is 6.33. The standard InChI is InChI=1S/C10H22N2OS2/c1-8(12(2)3)6-11-10(13)9(7-15)4-5-14/h8-9,14-15H,4-7H2,1-3H3,(H,11,13). The highest BCUT2D eigenvalue weighted by Gasteiger charge is 2.16. The van der Waals surface area contributed by atoms with Gasteiger partial charge >= 0.3 is 0 Å². The maximum atomic E-state index is 11.7. The van der Waals surface area contributed by atoms with Gasteiger partial charge in [-0.2, -0.15) is 25.3 Å². The molecule has 0 spiro atoms. The van der Waals surface area contributed by atoms with E-state index in [0.29, 0.717) is 18.3 Å². The fourth-order valence-electron chi connectivity index (χ4n) is 1.04. The van der Waals surface area contributed by atoms with Crippen molar-refractivity contribution in [3.8, 4) is 0 Å². The Morgan fingerprint density at radius 3 is 2.40 bits per heavy atom. The average Bonchev–Trinajstić information content (AvgIpc) is 2.21. The van der Waals surface area contributed by atoms with E-state index >= 15 is 0 Å². The van der Waals surface area contributed by atoms with Crippen molar-refractivity contribution in [2.75, 3.05) is 32.1 Å². The summed E-state index contributed by atoms with van der Waals surface area (Å²) in [4.78, 5) is 13.8. The van der Waals surface area contributed by atoms with E-state index in [0.717, 1.165) is 12.2 Å². The first kappa shape index (κ1) is 15.1. The molecule has 2 atom stereocenters. The van der Waals surface area contributed by atoms with Gasteiger partial charge in [-0.05, 0) is 33.2 Å². The lowest BCUT2D eigenvalue weighted by atomic mass is 10.1. The molecule has 0 aromatic carbocycles. The van der Waals surface area contributed by atoms with Crippen LogP contribution in [0.3, 0.4) is 0 Å². The third-order valence-corrected chi connectivity index (χ3v) is 3.22. The molecule has 0 aliphatic heterocycles. The number of hydrogen-bond donors (Lipinski definition) is 3. The van der Waals surface area contributed by atoms with Crippen LogP contribution in [0.2, 0.25) is 0 Å². The zero-order valence-corrected chi connectivity index (χ0v) is 11.5. The Bertz CT molecular complexity index is 188. The number of thiol groups is 2. The van der Waals surface area contributed by atoms with Gasteiger partial charge in [0.15, 0.2) is 0 Å². The molecule has 1 N–H and O–H groups in total. The minimum atomic E-state index is -0.0137. The smallest absolute Gasteiger partial charge is 0.224 e. The minimum Gasteiger partial charge on any atom is -0.354 e. The second kappa shape index (κ2) is 8.30. The van der Waals surface area contributed by atoms with Crippen molar-refractivity contribution in [1.29, 1.82) is 0 Å². The molecular weight excluding hydrogens is 228 g/mol. The lowest BCUT2D eigenvalue weighted by Gasteiger charge is -2.21. The number of rotatable bonds is 7. The maximum Gasteiger partial charge on any atom is 0.224 e. The Morgan fingerprint density at radius 1 is 1.40 bits per heavy atom. The number of carbonyl (C=O) groups excluding carboxylic acids is 1. The molecule has 2 unspecified atom stereocenters. The predicted molar refractivity (Wildman–Crippen MR) is 72.0 cm³/mol. The molecule has 0 rings (SSSR count). The Morgan fingerprint density at radius 2 is 2.00 bits per heavy atom. The van der Waals surface area contributed by atoms with Crippen molar-refractivity contribution in [3.63, 3.8) is 0 Å². The SMILES string of the molecule is CC(CNC(=O)C(CS)CCS)N(C)C. The summed E-state index contributed by atoms with van der Waals surface area (Å²) in [5.41, 5.74) is 0. The molecule has 0 aliphatic rings. The van der Waals surface area contributed by atoms with Crippen LogP contribution in [0.5, 0.6) is 0 Å². The first-order chi connectivity index (χ1) is 7.02. The molecule has 0 heterocycles. The van der Waals surface area contributed by atoms with Crippen LogP contribution in [0.25, 0.3) is 0 Å². The molecule has 0 aromatic rings. The van der Waals surface area contributed by atoms with Gasteiger partial charge in [-0.3, -0.25) is 4.79 Å². The molecule has 0 fully saturated rings. The van der Waals surface area contributed by atoms with Gasteiger partial charge in [-0.25, -0.2) is 0 Å². The number of nitrogens with zero attached hydrogens (tertiary/aromatic N) is 1. The molecule has 0 radical (unpaired) electrons. The van der Waals surface area contributed by atoms with Crippen LogP contribution in [0.4, 0.5) is 0 Å². The van der Waals surface area contributed by atoms with Crippen molar-refractivity contribution in [3.05, 3.63) is 0 Å². The van der Waals surface area contributed by atoms with Crippen molar-refractivity contribution in [2.24, 2.45) is 5.92 Å². The summed E-state index contributed by atoms with van der Waals surface area (Å²) in [6.07, 6.45) is 0.786.